The van der Waals surface area contributed by atoms with Gasteiger partial charge in [-0.3, -0.25) is 24.2 Å². The summed E-state index contributed by atoms with van der Waals surface area (Å²) in [6, 6.07) is 7.98. The van der Waals surface area contributed by atoms with E-state index in [0.29, 0.717) is 10.9 Å². The third kappa shape index (κ3) is 1.58. The first-order valence-electron chi connectivity index (χ1n) is 7.72. The van der Waals surface area contributed by atoms with E-state index in [4.69, 9.17) is 0 Å². The number of aromatic amines is 2. The molecule has 0 aliphatic carbocycles. The normalized spacial score (nSPS) is 12.0. The van der Waals surface area contributed by atoms with Gasteiger partial charge in [-0.2, -0.15) is 0 Å². The van der Waals surface area contributed by atoms with E-state index in [2.05, 4.69) is 9.97 Å². The molecule has 120 valence electrons. The van der Waals surface area contributed by atoms with Crippen LogP contribution in [-0.2, 0) is 0 Å². The Balaban J connectivity index is 2.38. The van der Waals surface area contributed by atoms with Crippen molar-refractivity contribution in [2.24, 2.45) is 0 Å². The van der Waals surface area contributed by atoms with Crippen molar-refractivity contribution in [1.82, 2.24) is 9.97 Å². The summed E-state index contributed by atoms with van der Waals surface area (Å²) >= 11 is 0. The highest BCUT2D eigenvalue weighted by molar-refractivity contribution is 6.31. The minimum atomic E-state index is -0.642. The molecule has 25 heavy (non-hydrogen) atoms. The molecule has 0 saturated carbocycles. The van der Waals surface area contributed by atoms with Crippen molar-refractivity contribution in [3.05, 3.63) is 77.0 Å². The quantitative estimate of drug-likeness (QED) is 0.450. The van der Waals surface area contributed by atoms with Crippen LogP contribution in [0.4, 0.5) is 0 Å². The fourth-order valence-corrected chi connectivity index (χ4v) is 3.75. The summed E-state index contributed by atoms with van der Waals surface area (Å²) < 4.78 is 0. The van der Waals surface area contributed by atoms with Crippen molar-refractivity contribution in [2.75, 3.05) is 0 Å². The lowest BCUT2D eigenvalue weighted by Gasteiger charge is -2.00. The molecule has 0 saturated heterocycles. The van der Waals surface area contributed by atoms with Crippen molar-refractivity contribution in [1.29, 1.82) is 0 Å². The summed E-state index contributed by atoms with van der Waals surface area (Å²) in [5.41, 5.74) is 0.124. The molecule has 0 atom stereocenters. The SMILES string of the molecule is Cc1ccc2[nH]c3c4c(=O)ccc(=O)c4c4c(=O)[nH]c(=O)c4c3c2c1. The van der Waals surface area contributed by atoms with Crippen LogP contribution < -0.4 is 22.0 Å². The lowest BCUT2D eigenvalue weighted by atomic mass is 9.98. The Morgan fingerprint density at radius 2 is 1.32 bits per heavy atom. The van der Waals surface area contributed by atoms with Crippen molar-refractivity contribution in [2.45, 2.75) is 6.92 Å². The second-order valence-electron chi connectivity index (χ2n) is 6.27. The first-order chi connectivity index (χ1) is 12.0. The topological polar surface area (TPSA) is 99.9 Å². The molecule has 2 N–H and O–H groups in total. The molecule has 0 aliphatic rings. The summed E-state index contributed by atoms with van der Waals surface area (Å²) in [5.74, 6) is 0. The van der Waals surface area contributed by atoms with E-state index in [9.17, 15) is 19.2 Å². The Kier molecular flexibility index (Phi) is 2.38. The zero-order valence-corrected chi connectivity index (χ0v) is 13.0. The van der Waals surface area contributed by atoms with E-state index < -0.39 is 16.5 Å². The molecule has 0 aliphatic heterocycles. The molecule has 5 aromatic rings. The number of H-pyrrole nitrogens is 2. The number of aryl methyl sites for hydroxylation is 1. The number of nitrogens with one attached hydrogen (secondary N) is 2. The zero-order valence-electron chi connectivity index (χ0n) is 13.0. The van der Waals surface area contributed by atoms with Crippen LogP contribution in [0.15, 0.2) is 49.5 Å². The van der Waals surface area contributed by atoms with Gasteiger partial charge in [0.05, 0.1) is 21.7 Å². The highest BCUT2D eigenvalue weighted by Gasteiger charge is 2.22. The van der Waals surface area contributed by atoms with Crippen LogP contribution in [0.2, 0.25) is 0 Å². The van der Waals surface area contributed by atoms with E-state index in [-0.39, 0.29) is 27.0 Å². The zero-order chi connectivity index (χ0) is 17.5. The maximum atomic E-state index is 12.5. The molecule has 2 aromatic heterocycles. The summed E-state index contributed by atoms with van der Waals surface area (Å²) in [7, 11) is 0. The number of rotatable bonds is 0. The molecule has 0 radical (unpaired) electrons. The predicted molar refractivity (Wildman–Crippen MR) is 97.4 cm³/mol. The third-order valence-electron chi connectivity index (χ3n) is 4.76. The monoisotopic (exact) mass is 330 g/mol. The molecule has 0 unspecified atom stereocenters. The Hall–Kier alpha value is -3.54. The van der Waals surface area contributed by atoms with Gasteiger partial charge in [0.15, 0.2) is 10.9 Å². The van der Waals surface area contributed by atoms with Gasteiger partial charge in [-0.25, -0.2) is 0 Å². The average Bonchev–Trinajstić information content (AvgIpc) is 3.07. The molecular formula is C19H10N2O4. The van der Waals surface area contributed by atoms with Crippen LogP contribution in [-0.4, -0.2) is 9.97 Å². The van der Waals surface area contributed by atoms with Gasteiger partial charge in [0.25, 0.3) is 11.1 Å². The van der Waals surface area contributed by atoms with Gasteiger partial charge >= 0.3 is 0 Å². The number of hydrogen-bond acceptors (Lipinski definition) is 4. The van der Waals surface area contributed by atoms with E-state index >= 15 is 0 Å². The van der Waals surface area contributed by atoms with Crippen LogP contribution in [0.25, 0.3) is 43.4 Å². The van der Waals surface area contributed by atoms with E-state index in [1.54, 1.807) is 0 Å². The summed E-state index contributed by atoms with van der Waals surface area (Å²) in [6.07, 6.45) is 0. The number of aromatic nitrogens is 2. The van der Waals surface area contributed by atoms with Crippen LogP contribution in [0.3, 0.4) is 0 Å². The highest BCUT2D eigenvalue weighted by atomic mass is 16.2. The van der Waals surface area contributed by atoms with Crippen LogP contribution in [0.5, 0.6) is 0 Å². The molecule has 0 bridgehead atoms. The molecule has 6 heteroatoms. The van der Waals surface area contributed by atoms with Gasteiger partial charge in [0.2, 0.25) is 0 Å². The van der Waals surface area contributed by atoms with E-state index in [0.717, 1.165) is 22.5 Å². The van der Waals surface area contributed by atoms with Crippen molar-refractivity contribution in [3.63, 3.8) is 0 Å². The molecule has 0 amide bonds. The van der Waals surface area contributed by atoms with Gasteiger partial charge in [-0.05, 0) is 31.2 Å². The smallest absolute Gasteiger partial charge is 0.259 e. The van der Waals surface area contributed by atoms with Gasteiger partial charge in [-0.1, -0.05) is 11.6 Å². The summed E-state index contributed by atoms with van der Waals surface area (Å²) in [6.45, 7) is 1.92. The molecule has 0 fully saturated rings. The number of benzene rings is 3. The summed E-state index contributed by atoms with van der Waals surface area (Å²) in [4.78, 5) is 55.1. The van der Waals surface area contributed by atoms with E-state index in [1.807, 2.05) is 25.1 Å². The first-order valence-corrected chi connectivity index (χ1v) is 7.72. The van der Waals surface area contributed by atoms with E-state index in [1.165, 1.54) is 6.07 Å². The fourth-order valence-electron chi connectivity index (χ4n) is 3.75. The van der Waals surface area contributed by atoms with Crippen molar-refractivity contribution in [3.8, 4) is 0 Å². The molecule has 2 heterocycles. The van der Waals surface area contributed by atoms with Gasteiger partial charge in [0.1, 0.15) is 0 Å². The molecule has 0 spiro atoms. The molecular weight excluding hydrogens is 320 g/mol. The van der Waals surface area contributed by atoms with Gasteiger partial charge < -0.3 is 4.98 Å². The second-order valence-corrected chi connectivity index (χ2v) is 6.27. The minimum Gasteiger partial charge on any atom is -0.354 e. The standard InChI is InChI=1S/C19H10N2O4/c1-7-2-3-9-8(6-7)12-15-16(19(25)21-18(15)24)13-10(22)4-5-11(23)14(13)17(12)20-9/h2-6,20H,1H3,(H,21,24,25). The molecule has 6 nitrogen and oxygen atoms in total. The van der Waals surface area contributed by atoms with Crippen LogP contribution in [0.1, 0.15) is 5.56 Å². The maximum Gasteiger partial charge on any atom is 0.259 e. The Morgan fingerprint density at radius 1 is 0.680 bits per heavy atom. The number of fused-ring (bicyclic) bond motifs is 8. The second kappa shape index (κ2) is 4.30. The number of hydrogen-bond donors (Lipinski definition) is 2. The maximum absolute atomic E-state index is 12.5. The lowest BCUT2D eigenvalue weighted by molar-refractivity contribution is 1.26. The molecule has 3 aromatic carbocycles. The predicted octanol–water partition coefficient (Wildman–Crippen LogP) is 1.58. The minimum absolute atomic E-state index is 0.00151. The lowest BCUT2D eigenvalue weighted by Crippen LogP contribution is -2.12. The first kappa shape index (κ1) is 13.9. The fraction of sp³-hybridized carbons (Fsp3) is 0.0526. The van der Waals surface area contributed by atoms with Crippen LogP contribution >= 0.6 is 0 Å². The Morgan fingerprint density at radius 3 is 2.04 bits per heavy atom. The van der Waals surface area contributed by atoms with Crippen LogP contribution in [0, 0.1) is 6.92 Å². The highest BCUT2D eigenvalue weighted by Crippen LogP contribution is 2.34. The van der Waals surface area contributed by atoms with Crippen molar-refractivity contribution >= 4 is 43.4 Å². The van der Waals surface area contributed by atoms with Gasteiger partial charge in [-0.15, -0.1) is 0 Å². The van der Waals surface area contributed by atoms with Gasteiger partial charge in [0, 0.05) is 21.7 Å². The van der Waals surface area contributed by atoms with Crippen molar-refractivity contribution < 1.29 is 0 Å². The average molecular weight is 330 g/mol. The third-order valence-corrected chi connectivity index (χ3v) is 4.76. The summed E-state index contributed by atoms with van der Waals surface area (Å²) in [5, 5.41) is 1.56. The Bertz CT molecular complexity index is 1580. The molecule has 5 rings (SSSR count). The largest absolute Gasteiger partial charge is 0.354 e. The Labute approximate surface area is 138 Å².